The lowest BCUT2D eigenvalue weighted by molar-refractivity contribution is 0.0716. The Morgan fingerprint density at radius 3 is 1.92 bits per heavy atom. The molecule has 0 spiro atoms. The highest BCUT2D eigenvalue weighted by Crippen LogP contribution is 2.28. The average molecular weight is 476 g/mol. The van der Waals surface area contributed by atoms with Crippen molar-refractivity contribution in [1.29, 1.82) is 0 Å². The highest BCUT2D eigenvalue weighted by molar-refractivity contribution is 6.01. The van der Waals surface area contributed by atoms with E-state index in [1.54, 1.807) is 42.5 Å². The second kappa shape index (κ2) is 9.35. The van der Waals surface area contributed by atoms with E-state index in [-0.39, 0.29) is 34.2 Å². The number of benzene rings is 5. The molecule has 0 aliphatic rings. The number of aromatic hydroxyl groups is 1. The Hall–Kier alpha value is -4.97. The Balaban J connectivity index is 1.37. The molecule has 176 valence electrons. The molecule has 0 saturated carbocycles. The van der Waals surface area contributed by atoms with Crippen molar-refractivity contribution in [3.8, 4) is 17.2 Å². The Bertz CT molecular complexity index is 1670. The zero-order valence-corrected chi connectivity index (χ0v) is 19.2. The van der Waals surface area contributed by atoms with E-state index in [9.17, 15) is 19.5 Å². The van der Waals surface area contributed by atoms with Gasteiger partial charge in [-0.1, -0.05) is 42.5 Å². The number of hydrogen-bond donors (Lipinski definition) is 1. The standard InChI is InChI=1S/C30H20O6/c1-18(31)27-17-26(35-29(33)23-8-6-19-4-2-3-5-20(19)14-23)12-13-28(27)36-30(34)24-9-7-22-16-25(32)11-10-21(22)15-24/h2-17,32H,1H3. The molecule has 5 aromatic rings. The summed E-state index contributed by atoms with van der Waals surface area (Å²) in [5.41, 5.74) is 0.769. The fourth-order valence-corrected chi connectivity index (χ4v) is 3.94. The van der Waals surface area contributed by atoms with E-state index < -0.39 is 11.9 Å². The minimum absolute atomic E-state index is 0.0591. The molecule has 0 aromatic heterocycles. The molecular weight excluding hydrogens is 456 g/mol. The molecule has 6 heteroatoms. The molecule has 6 nitrogen and oxygen atoms in total. The number of ketones is 1. The minimum atomic E-state index is -0.645. The first-order valence-corrected chi connectivity index (χ1v) is 11.2. The first-order chi connectivity index (χ1) is 17.4. The molecule has 0 bridgehead atoms. The zero-order valence-electron chi connectivity index (χ0n) is 19.2. The maximum atomic E-state index is 12.8. The molecule has 0 amide bonds. The highest BCUT2D eigenvalue weighted by atomic mass is 16.5. The lowest BCUT2D eigenvalue weighted by atomic mass is 10.1. The van der Waals surface area contributed by atoms with E-state index in [4.69, 9.17) is 9.47 Å². The van der Waals surface area contributed by atoms with E-state index in [1.807, 2.05) is 30.3 Å². The van der Waals surface area contributed by atoms with Crippen molar-refractivity contribution in [2.45, 2.75) is 6.92 Å². The zero-order chi connectivity index (χ0) is 25.2. The molecule has 0 aliphatic carbocycles. The number of ether oxygens (including phenoxy) is 2. The van der Waals surface area contributed by atoms with Crippen LogP contribution >= 0.6 is 0 Å². The summed E-state index contributed by atoms with van der Waals surface area (Å²) in [6.45, 7) is 1.34. The van der Waals surface area contributed by atoms with Gasteiger partial charge in [0, 0.05) is 0 Å². The molecule has 5 rings (SSSR count). The van der Waals surface area contributed by atoms with Crippen molar-refractivity contribution in [2.24, 2.45) is 0 Å². The summed E-state index contributed by atoms with van der Waals surface area (Å²) >= 11 is 0. The Morgan fingerprint density at radius 2 is 1.19 bits per heavy atom. The fourth-order valence-electron chi connectivity index (χ4n) is 3.94. The fraction of sp³-hybridized carbons (Fsp3) is 0.0333. The molecule has 1 N–H and O–H groups in total. The van der Waals surface area contributed by atoms with Crippen LogP contribution in [0.5, 0.6) is 17.2 Å². The number of rotatable bonds is 5. The van der Waals surface area contributed by atoms with Crippen molar-refractivity contribution in [1.82, 2.24) is 0 Å². The molecule has 0 aliphatic heterocycles. The number of carbonyl (C=O) groups excluding carboxylic acids is 3. The number of fused-ring (bicyclic) bond motifs is 2. The van der Waals surface area contributed by atoms with Crippen LogP contribution in [0.2, 0.25) is 0 Å². The monoisotopic (exact) mass is 476 g/mol. The molecule has 0 fully saturated rings. The first kappa shape index (κ1) is 22.8. The third-order valence-electron chi connectivity index (χ3n) is 5.79. The Labute approximate surface area is 206 Å². The van der Waals surface area contributed by atoms with Crippen molar-refractivity contribution < 1.29 is 29.0 Å². The number of carbonyl (C=O) groups is 3. The van der Waals surface area contributed by atoms with Gasteiger partial charge in [-0.05, 0) is 83.1 Å². The lowest BCUT2D eigenvalue weighted by Crippen LogP contribution is -2.12. The largest absolute Gasteiger partial charge is 0.508 e. The van der Waals surface area contributed by atoms with Crippen molar-refractivity contribution >= 4 is 39.3 Å². The summed E-state index contributed by atoms with van der Waals surface area (Å²) in [4.78, 5) is 37.8. The van der Waals surface area contributed by atoms with Crippen molar-refractivity contribution in [3.63, 3.8) is 0 Å². The van der Waals surface area contributed by atoms with Crippen LogP contribution < -0.4 is 9.47 Å². The van der Waals surface area contributed by atoms with Crippen LogP contribution in [0, 0.1) is 0 Å². The van der Waals surface area contributed by atoms with Crippen LogP contribution in [0.4, 0.5) is 0 Å². The third kappa shape index (κ3) is 4.65. The first-order valence-electron chi connectivity index (χ1n) is 11.2. The molecule has 0 atom stereocenters. The average Bonchev–Trinajstić information content (AvgIpc) is 2.88. The van der Waals surface area contributed by atoms with E-state index >= 15 is 0 Å². The number of Topliss-reactive ketones (excluding diaryl/α,β-unsaturated/α-hetero) is 1. The summed E-state index contributed by atoms with van der Waals surface area (Å²) in [6.07, 6.45) is 0. The van der Waals surface area contributed by atoms with Gasteiger partial charge in [0.25, 0.3) is 0 Å². The summed E-state index contributed by atoms with van der Waals surface area (Å²) in [6, 6.07) is 26.9. The van der Waals surface area contributed by atoms with Gasteiger partial charge in [0.1, 0.15) is 17.2 Å². The summed E-state index contributed by atoms with van der Waals surface area (Å²) in [7, 11) is 0. The predicted octanol–water partition coefficient (Wildman–Crippen LogP) is 6.34. The van der Waals surface area contributed by atoms with Crippen LogP contribution in [-0.2, 0) is 0 Å². The molecule has 5 aromatic carbocycles. The SMILES string of the molecule is CC(=O)c1cc(OC(=O)c2ccc3ccccc3c2)ccc1OC(=O)c1ccc2cc(O)ccc2c1. The maximum Gasteiger partial charge on any atom is 0.343 e. The number of hydrogen-bond acceptors (Lipinski definition) is 6. The van der Waals surface area contributed by atoms with Crippen LogP contribution in [0.1, 0.15) is 38.0 Å². The maximum absolute atomic E-state index is 12.8. The van der Waals surface area contributed by atoms with Gasteiger partial charge in [-0.15, -0.1) is 0 Å². The van der Waals surface area contributed by atoms with Gasteiger partial charge in [0.2, 0.25) is 0 Å². The van der Waals surface area contributed by atoms with Gasteiger partial charge in [-0.25, -0.2) is 9.59 Å². The van der Waals surface area contributed by atoms with E-state index in [2.05, 4.69) is 0 Å². The summed E-state index contributed by atoms with van der Waals surface area (Å²) in [5, 5.41) is 13.1. The second-order valence-corrected chi connectivity index (χ2v) is 8.30. The summed E-state index contributed by atoms with van der Waals surface area (Å²) < 4.78 is 11.0. The third-order valence-corrected chi connectivity index (χ3v) is 5.79. The molecule has 0 saturated heterocycles. The second-order valence-electron chi connectivity index (χ2n) is 8.30. The van der Waals surface area contributed by atoms with E-state index in [0.29, 0.717) is 5.56 Å². The van der Waals surface area contributed by atoms with Gasteiger partial charge in [0.05, 0.1) is 16.7 Å². The van der Waals surface area contributed by atoms with Crippen molar-refractivity contribution in [2.75, 3.05) is 0 Å². The van der Waals surface area contributed by atoms with Gasteiger partial charge >= 0.3 is 11.9 Å². The Kier molecular flexibility index (Phi) is 5.92. The highest BCUT2D eigenvalue weighted by Gasteiger charge is 2.18. The van der Waals surface area contributed by atoms with Crippen molar-refractivity contribution in [3.05, 3.63) is 114 Å². The number of phenols is 1. The van der Waals surface area contributed by atoms with E-state index in [1.165, 1.54) is 31.2 Å². The van der Waals surface area contributed by atoms with Gasteiger partial charge in [0.15, 0.2) is 5.78 Å². The smallest absolute Gasteiger partial charge is 0.343 e. The minimum Gasteiger partial charge on any atom is -0.508 e. The van der Waals surface area contributed by atoms with Crippen LogP contribution in [0.3, 0.4) is 0 Å². The molecule has 0 unspecified atom stereocenters. The predicted molar refractivity (Wildman–Crippen MR) is 136 cm³/mol. The van der Waals surface area contributed by atoms with Crippen LogP contribution in [0.25, 0.3) is 21.5 Å². The molecule has 0 radical (unpaired) electrons. The van der Waals surface area contributed by atoms with Crippen LogP contribution in [0.15, 0.2) is 97.1 Å². The Morgan fingerprint density at radius 1 is 0.611 bits per heavy atom. The topological polar surface area (TPSA) is 89.9 Å². The van der Waals surface area contributed by atoms with Gasteiger partial charge in [-0.2, -0.15) is 0 Å². The normalized spacial score (nSPS) is 10.8. The summed E-state index contributed by atoms with van der Waals surface area (Å²) in [5.74, 6) is -1.22. The van der Waals surface area contributed by atoms with Crippen LogP contribution in [-0.4, -0.2) is 22.8 Å². The van der Waals surface area contributed by atoms with Gasteiger partial charge < -0.3 is 14.6 Å². The number of phenolic OH excluding ortho intramolecular Hbond substituents is 1. The van der Waals surface area contributed by atoms with Gasteiger partial charge in [-0.3, -0.25) is 4.79 Å². The lowest BCUT2D eigenvalue weighted by Gasteiger charge is -2.11. The van der Waals surface area contributed by atoms with E-state index in [0.717, 1.165) is 21.5 Å². The number of esters is 2. The quantitative estimate of drug-likeness (QED) is 0.181. The molecular formula is C30H20O6. The molecule has 36 heavy (non-hydrogen) atoms. The molecule has 0 heterocycles.